The maximum absolute atomic E-state index is 12.2. The molecule has 2 aromatic rings. The largest absolute Gasteiger partial charge is 0.493 e. The van der Waals surface area contributed by atoms with E-state index in [9.17, 15) is 9.59 Å². The quantitative estimate of drug-likeness (QED) is 0.823. The van der Waals surface area contributed by atoms with E-state index in [0.717, 1.165) is 18.6 Å². The van der Waals surface area contributed by atoms with E-state index in [1.807, 2.05) is 30.3 Å². The lowest BCUT2D eigenvalue weighted by Crippen LogP contribution is -2.27. The molecule has 0 radical (unpaired) electrons. The standard InChI is InChI=1S/C19H20N2O3/c22-18(12-13-24-15-6-2-1-3-7-15)21-17-9-5-4-8-16(17)19(23)20-14-10-11-14/h1-9,14H,10-13H2,(H,20,23)(H,21,22). The average Bonchev–Trinajstić information content (AvgIpc) is 3.40. The van der Waals surface area contributed by atoms with Gasteiger partial charge in [-0.25, -0.2) is 0 Å². The number of nitrogens with one attached hydrogen (secondary N) is 2. The van der Waals surface area contributed by atoms with Crippen molar-refractivity contribution in [3.63, 3.8) is 0 Å². The first-order valence-corrected chi connectivity index (χ1v) is 8.10. The molecule has 0 spiro atoms. The highest BCUT2D eigenvalue weighted by molar-refractivity contribution is 6.03. The number of amides is 2. The Kier molecular flexibility index (Phi) is 5.11. The molecule has 2 aromatic carbocycles. The van der Waals surface area contributed by atoms with Crippen molar-refractivity contribution in [2.24, 2.45) is 0 Å². The molecule has 0 bridgehead atoms. The Bertz CT molecular complexity index is 712. The lowest BCUT2D eigenvalue weighted by atomic mass is 10.1. The average molecular weight is 324 g/mol. The number of carbonyl (C=O) groups is 2. The Morgan fingerprint density at radius 2 is 1.71 bits per heavy atom. The molecule has 1 saturated carbocycles. The summed E-state index contributed by atoms with van der Waals surface area (Å²) in [6.07, 6.45) is 2.27. The number of para-hydroxylation sites is 2. The van der Waals surface area contributed by atoms with E-state index >= 15 is 0 Å². The lowest BCUT2D eigenvalue weighted by Gasteiger charge is -2.11. The van der Waals surface area contributed by atoms with Crippen LogP contribution in [0.5, 0.6) is 5.75 Å². The van der Waals surface area contributed by atoms with Gasteiger partial charge >= 0.3 is 0 Å². The fourth-order valence-electron chi connectivity index (χ4n) is 2.27. The third-order valence-electron chi connectivity index (χ3n) is 3.70. The molecule has 0 heterocycles. The van der Waals surface area contributed by atoms with Crippen molar-refractivity contribution < 1.29 is 14.3 Å². The Hall–Kier alpha value is -2.82. The van der Waals surface area contributed by atoms with Crippen molar-refractivity contribution in [2.75, 3.05) is 11.9 Å². The van der Waals surface area contributed by atoms with E-state index in [1.165, 1.54) is 0 Å². The van der Waals surface area contributed by atoms with Crippen molar-refractivity contribution in [3.05, 3.63) is 60.2 Å². The Balaban J connectivity index is 1.53. The zero-order valence-corrected chi connectivity index (χ0v) is 13.3. The number of rotatable bonds is 7. The van der Waals surface area contributed by atoms with Gasteiger partial charge in [0.25, 0.3) is 5.91 Å². The van der Waals surface area contributed by atoms with Gasteiger partial charge in [-0.2, -0.15) is 0 Å². The van der Waals surface area contributed by atoms with Crippen LogP contribution in [0.1, 0.15) is 29.6 Å². The molecule has 1 aliphatic carbocycles. The van der Waals surface area contributed by atoms with E-state index in [4.69, 9.17) is 4.74 Å². The Morgan fingerprint density at radius 1 is 1.00 bits per heavy atom. The maximum atomic E-state index is 12.2. The fraction of sp³-hybridized carbons (Fsp3) is 0.263. The first kappa shape index (κ1) is 16.1. The molecule has 1 fully saturated rings. The van der Waals surface area contributed by atoms with Crippen LogP contribution in [0.15, 0.2) is 54.6 Å². The highest BCUT2D eigenvalue weighted by atomic mass is 16.5. The summed E-state index contributed by atoms with van der Waals surface area (Å²) in [5.74, 6) is 0.404. The van der Waals surface area contributed by atoms with Gasteiger partial charge in [0, 0.05) is 6.04 Å². The van der Waals surface area contributed by atoms with Gasteiger partial charge in [-0.3, -0.25) is 9.59 Å². The molecular formula is C19H20N2O3. The van der Waals surface area contributed by atoms with E-state index in [2.05, 4.69) is 10.6 Å². The van der Waals surface area contributed by atoms with Gasteiger partial charge in [0.05, 0.1) is 24.3 Å². The van der Waals surface area contributed by atoms with E-state index in [1.54, 1.807) is 24.3 Å². The van der Waals surface area contributed by atoms with Crippen molar-refractivity contribution in [2.45, 2.75) is 25.3 Å². The number of ether oxygens (including phenoxy) is 1. The minimum Gasteiger partial charge on any atom is -0.493 e. The molecule has 124 valence electrons. The highest BCUT2D eigenvalue weighted by Gasteiger charge is 2.24. The summed E-state index contributed by atoms with van der Waals surface area (Å²) in [7, 11) is 0. The molecule has 0 atom stereocenters. The van der Waals surface area contributed by atoms with Crippen molar-refractivity contribution in [3.8, 4) is 5.75 Å². The molecule has 1 aliphatic rings. The van der Waals surface area contributed by atoms with Crippen LogP contribution in [-0.2, 0) is 4.79 Å². The third-order valence-corrected chi connectivity index (χ3v) is 3.70. The van der Waals surface area contributed by atoms with Crippen molar-refractivity contribution in [1.29, 1.82) is 0 Å². The Labute approximate surface area is 141 Å². The van der Waals surface area contributed by atoms with E-state index in [-0.39, 0.29) is 30.9 Å². The zero-order valence-electron chi connectivity index (χ0n) is 13.3. The lowest BCUT2D eigenvalue weighted by molar-refractivity contribution is -0.116. The summed E-state index contributed by atoms with van der Waals surface area (Å²) < 4.78 is 5.51. The topological polar surface area (TPSA) is 67.4 Å². The van der Waals surface area contributed by atoms with Gasteiger partial charge in [0.2, 0.25) is 5.91 Å². The summed E-state index contributed by atoms with van der Waals surface area (Å²) >= 11 is 0. The maximum Gasteiger partial charge on any atom is 0.253 e. The molecule has 0 unspecified atom stereocenters. The first-order valence-electron chi connectivity index (χ1n) is 8.10. The van der Waals surface area contributed by atoms with Gasteiger partial charge in [0.15, 0.2) is 0 Å². The monoisotopic (exact) mass is 324 g/mol. The fourth-order valence-corrected chi connectivity index (χ4v) is 2.27. The predicted molar refractivity (Wildman–Crippen MR) is 92.1 cm³/mol. The van der Waals surface area contributed by atoms with Crippen LogP contribution in [0.4, 0.5) is 5.69 Å². The van der Waals surface area contributed by atoms with Gasteiger partial charge in [-0.05, 0) is 37.1 Å². The van der Waals surface area contributed by atoms with Crippen LogP contribution in [0.25, 0.3) is 0 Å². The van der Waals surface area contributed by atoms with Gasteiger partial charge in [0.1, 0.15) is 5.75 Å². The smallest absolute Gasteiger partial charge is 0.253 e. The molecule has 0 aliphatic heterocycles. The minimum absolute atomic E-state index is 0.145. The minimum atomic E-state index is -0.183. The van der Waals surface area contributed by atoms with Crippen LogP contribution < -0.4 is 15.4 Å². The second-order valence-corrected chi connectivity index (χ2v) is 5.75. The third kappa shape index (κ3) is 4.59. The molecule has 2 amide bonds. The molecule has 5 heteroatoms. The molecule has 3 rings (SSSR count). The Morgan fingerprint density at radius 3 is 2.46 bits per heavy atom. The van der Waals surface area contributed by atoms with Crippen LogP contribution in [-0.4, -0.2) is 24.5 Å². The van der Waals surface area contributed by atoms with Crippen molar-refractivity contribution >= 4 is 17.5 Å². The van der Waals surface area contributed by atoms with E-state index < -0.39 is 0 Å². The number of benzene rings is 2. The summed E-state index contributed by atoms with van der Waals surface area (Å²) in [6, 6.07) is 16.7. The SMILES string of the molecule is O=C(CCOc1ccccc1)Nc1ccccc1C(=O)NC1CC1. The summed E-state index contributed by atoms with van der Waals surface area (Å²) in [5, 5.41) is 5.73. The van der Waals surface area contributed by atoms with Gasteiger partial charge in [-0.15, -0.1) is 0 Å². The van der Waals surface area contributed by atoms with Crippen LogP contribution in [0.2, 0.25) is 0 Å². The summed E-state index contributed by atoms with van der Waals surface area (Å²) in [5.41, 5.74) is 1.02. The number of anilines is 1. The molecule has 24 heavy (non-hydrogen) atoms. The number of hydrogen-bond donors (Lipinski definition) is 2. The molecule has 5 nitrogen and oxygen atoms in total. The molecule has 0 aromatic heterocycles. The van der Waals surface area contributed by atoms with Crippen molar-refractivity contribution in [1.82, 2.24) is 5.32 Å². The van der Waals surface area contributed by atoms with Gasteiger partial charge in [-0.1, -0.05) is 30.3 Å². The van der Waals surface area contributed by atoms with Crippen LogP contribution in [0.3, 0.4) is 0 Å². The van der Waals surface area contributed by atoms with Crippen LogP contribution >= 0.6 is 0 Å². The second-order valence-electron chi connectivity index (χ2n) is 5.75. The molecule has 0 saturated heterocycles. The number of hydrogen-bond acceptors (Lipinski definition) is 3. The summed E-state index contributed by atoms with van der Waals surface area (Å²) in [4.78, 5) is 24.3. The zero-order chi connectivity index (χ0) is 16.8. The van der Waals surface area contributed by atoms with E-state index in [0.29, 0.717) is 11.3 Å². The van der Waals surface area contributed by atoms with Crippen LogP contribution in [0, 0.1) is 0 Å². The normalized spacial score (nSPS) is 13.2. The first-order chi connectivity index (χ1) is 11.7. The van der Waals surface area contributed by atoms with Gasteiger partial charge < -0.3 is 15.4 Å². The molecule has 2 N–H and O–H groups in total. The number of carbonyl (C=O) groups excluding carboxylic acids is 2. The second kappa shape index (κ2) is 7.64. The predicted octanol–water partition coefficient (Wildman–Crippen LogP) is 2.99. The highest BCUT2D eigenvalue weighted by Crippen LogP contribution is 2.21. The summed E-state index contributed by atoms with van der Waals surface area (Å²) in [6.45, 7) is 0.284. The molecular weight excluding hydrogens is 304 g/mol.